The predicted molar refractivity (Wildman–Crippen MR) is 444 cm³/mol. The van der Waals surface area contributed by atoms with Crippen LogP contribution in [0.1, 0.15) is 296 Å². The Kier molecular flexibility index (Phi) is 55.3. The highest BCUT2D eigenvalue weighted by Crippen LogP contribution is 2.27. The highest BCUT2D eigenvalue weighted by molar-refractivity contribution is 7.99. The Morgan fingerprint density at radius 1 is 0.468 bits per heavy atom. The number of aromatic nitrogens is 4. The van der Waals surface area contributed by atoms with Gasteiger partial charge in [0.25, 0.3) is 6.01 Å². The first-order valence-corrected chi connectivity index (χ1v) is 43.5. The molecule has 2 heterocycles. The fourth-order valence-corrected chi connectivity index (χ4v) is 13.9. The van der Waals surface area contributed by atoms with Gasteiger partial charge in [-0.05, 0) is 140 Å². The first-order chi connectivity index (χ1) is 53.9. The van der Waals surface area contributed by atoms with Gasteiger partial charge in [-0.25, -0.2) is 0 Å². The van der Waals surface area contributed by atoms with Gasteiger partial charge in [-0.1, -0.05) is 193 Å². The second-order valence-corrected chi connectivity index (χ2v) is 30.7. The van der Waals surface area contributed by atoms with Crippen LogP contribution in [0.25, 0.3) is 11.2 Å². The van der Waals surface area contributed by atoms with Crippen molar-refractivity contribution in [3.05, 3.63) is 29.8 Å². The molecule has 30 heteroatoms. The SMILES string of the molecule is CCCCCCCCCCCCCCCC(=O)OCC(CSC[C@@H](N)C(=O)N[C@@H](CO)C(=O)N[C@@H](CCCCN)C(=O)N[C@@H](CCCCN)C(=O)N[C@@H](CCCCN)C(=O)N[C@H](CCCCN)C(=O)Nc1ccc(Cn2c(O)nc3c(N)nc(NCCCC)nc32)cc1)OC(=O)CCCCCCCCCCCCCCC. The molecule has 0 aliphatic heterocycles. The highest BCUT2D eigenvalue weighted by atomic mass is 32.2. The number of amides is 6. The second kappa shape index (κ2) is 62.5. The van der Waals surface area contributed by atoms with E-state index in [1.54, 1.807) is 24.3 Å². The molecule has 0 spiro atoms. The predicted octanol–water partition coefficient (Wildman–Crippen LogP) is 9.72. The summed E-state index contributed by atoms with van der Waals surface area (Å²) < 4.78 is 13.1. The molecule has 7 atom stereocenters. The summed E-state index contributed by atoms with van der Waals surface area (Å²) in [7, 11) is 0. The zero-order chi connectivity index (χ0) is 81.1. The summed E-state index contributed by atoms with van der Waals surface area (Å²) in [5.74, 6) is -4.59. The quantitative estimate of drug-likeness (QED) is 0.0184. The summed E-state index contributed by atoms with van der Waals surface area (Å²) in [4.78, 5) is 125. The highest BCUT2D eigenvalue weighted by Gasteiger charge is 2.34. The zero-order valence-electron chi connectivity index (χ0n) is 67.8. The van der Waals surface area contributed by atoms with Crippen molar-refractivity contribution in [2.24, 2.45) is 28.7 Å². The Hall–Kier alpha value is -6.96. The minimum atomic E-state index is -1.56. The van der Waals surface area contributed by atoms with E-state index >= 15 is 0 Å². The van der Waals surface area contributed by atoms with Crippen LogP contribution in [0.3, 0.4) is 0 Å². The average molecular weight is 1580 g/mol. The summed E-state index contributed by atoms with van der Waals surface area (Å²) in [5.41, 5.74) is 37.8. The van der Waals surface area contributed by atoms with E-state index in [4.69, 9.17) is 43.9 Å². The van der Waals surface area contributed by atoms with Crippen LogP contribution in [0.5, 0.6) is 6.01 Å². The molecule has 0 saturated heterocycles. The number of unbranched alkanes of at least 4 members (excludes halogenated alkanes) is 29. The summed E-state index contributed by atoms with van der Waals surface area (Å²) in [6.07, 6.45) is 36.1. The van der Waals surface area contributed by atoms with Crippen molar-refractivity contribution in [1.29, 1.82) is 0 Å². The van der Waals surface area contributed by atoms with Gasteiger partial charge in [-0.15, -0.1) is 0 Å². The molecule has 0 fully saturated rings. The second-order valence-electron chi connectivity index (χ2n) is 29.6. The van der Waals surface area contributed by atoms with Crippen molar-refractivity contribution in [1.82, 2.24) is 46.1 Å². The van der Waals surface area contributed by atoms with Gasteiger partial charge in [0.05, 0.1) is 19.2 Å². The molecule has 2 aromatic heterocycles. The number of ether oxygens (including phenoxy) is 2. The number of thioether (sulfide) groups is 1. The molecule has 3 aromatic rings. The number of nitrogens with one attached hydrogen (secondary N) is 7. The Bertz CT molecular complexity index is 3040. The Morgan fingerprint density at radius 2 is 0.865 bits per heavy atom. The van der Waals surface area contributed by atoms with Crippen molar-refractivity contribution < 1.29 is 58.0 Å². The van der Waals surface area contributed by atoms with Crippen LogP contribution in [-0.2, 0) is 54.4 Å². The number of imidazole rings is 1. The molecule has 1 aromatic carbocycles. The first-order valence-electron chi connectivity index (χ1n) is 42.3. The number of aliphatic hydroxyl groups excluding tert-OH is 1. The number of esters is 2. The molecule has 21 N–H and O–H groups in total. The van der Waals surface area contributed by atoms with E-state index in [9.17, 15) is 48.6 Å². The number of nitrogen functional groups attached to an aromatic ring is 1. The molecular formula is C81H145N17O12S. The van der Waals surface area contributed by atoms with Gasteiger partial charge in [0.1, 0.15) is 42.9 Å². The van der Waals surface area contributed by atoms with Gasteiger partial charge in [0, 0.05) is 36.6 Å². The number of benzene rings is 1. The summed E-state index contributed by atoms with van der Waals surface area (Å²) in [5, 5.41) is 41.1. The fourth-order valence-electron chi connectivity index (χ4n) is 12.9. The topological polar surface area (TPSA) is 479 Å². The monoisotopic (exact) mass is 1580 g/mol. The number of nitrogens with two attached hydrogens (primary N) is 6. The van der Waals surface area contributed by atoms with Gasteiger partial charge >= 0.3 is 11.9 Å². The third kappa shape index (κ3) is 43.8. The van der Waals surface area contributed by atoms with E-state index < -0.39 is 90.4 Å². The van der Waals surface area contributed by atoms with Crippen LogP contribution in [0, 0.1) is 0 Å². The number of anilines is 3. The van der Waals surface area contributed by atoms with Crippen LogP contribution in [0.15, 0.2) is 24.3 Å². The molecule has 29 nitrogen and oxygen atoms in total. The molecule has 6 amide bonds. The summed E-state index contributed by atoms with van der Waals surface area (Å²) in [6.45, 7) is 7.47. The van der Waals surface area contributed by atoms with Crippen molar-refractivity contribution in [2.75, 3.05) is 73.8 Å². The zero-order valence-corrected chi connectivity index (χ0v) is 68.6. The Labute approximate surface area is 666 Å². The van der Waals surface area contributed by atoms with Gasteiger partial charge in [0.2, 0.25) is 41.4 Å². The number of hydrogen-bond acceptors (Lipinski definition) is 23. The van der Waals surface area contributed by atoms with E-state index in [2.05, 4.69) is 72.9 Å². The lowest BCUT2D eigenvalue weighted by Gasteiger charge is -2.27. The molecule has 3 rings (SSSR count). The fraction of sp³-hybridized carbons (Fsp3) is 0.765. The summed E-state index contributed by atoms with van der Waals surface area (Å²) >= 11 is 1.20. The molecule has 0 aliphatic rings. The number of nitrogens with zero attached hydrogens (tertiary/aromatic N) is 4. The average Bonchev–Trinajstić information content (AvgIpc) is 1.64. The maximum atomic E-state index is 14.5. The number of aliphatic hydroxyl groups is 1. The lowest BCUT2D eigenvalue weighted by Crippen LogP contribution is -2.60. The van der Waals surface area contributed by atoms with Crippen LogP contribution < -0.4 is 71.6 Å². The van der Waals surface area contributed by atoms with E-state index in [1.165, 1.54) is 132 Å². The van der Waals surface area contributed by atoms with E-state index in [0.29, 0.717) is 101 Å². The van der Waals surface area contributed by atoms with Gasteiger partial charge in [-0.2, -0.15) is 26.7 Å². The van der Waals surface area contributed by atoms with E-state index in [1.807, 2.05) is 0 Å². The maximum Gasteiger partial charge on any atom is 0.306 e. The first kappa shape index (κ1) is 98.2. The largest absolute Gasteiger partial charge is 0.480 e. The number of aromatic hydroxyl groups is 1. The van der Waals surface area contributed by atoms with E-state index in [-0.39, 0.29) is 99.6 Å². The molecule has 632 valence electrons. The van der Waals surface area contributed by atoms with Crippen LogP contribution in [-0.4, -0.2) is 177 Å². The minimum Gasteiger partial charge on any atom is -0.480 e. The number of carbonyl (C=O) groups is 8. The molecular weight excluding hydrogens is 1440 g/mol. The maximum absolute atomic E-state index is 14.5. The van der Waals surface area contributed by atoms with Crippen molar-refractivity contribution in [3.63, 3.8) is 0 Å². The van der Waals surface area contributed by atoms with Crippen LogP contribution in [0.4, 0.5) is 17.5 Å². The van der Waals surface area contributed by atoms with Gasteiger partial charge in [-0.3, -0.25) is 42.9 Å². The minimum absolute atomic E-state index is 0.00646. The van der Waals surface area contributed by atoms with Crippen molar-refractivity contribution in [3.8, 4) is 6.01 Å². The van der Waals surface area contributed by atoms with Crippen molar-refractivity contribution in [2.45, 2.75) is 339 Å². The van der Waals surface area contributed by atoms with Gasteiger partial charge in [0.15, 0.2) is 17.0 Å². The van der Waals surface area contributed by atoms with Crippen LogP contribution in [0.2, 0.25) is 0 Å². The standard InChI is InChI=1S/C81H145N17O12S/c1-4-7-10-12-14-16-18-20-22-24-26-28-30-44-69(100)109-57-62(110-70(101)45-31-29-27-25-23-21-19-17-15-13-11-8-5-2)58-111-59-63(86)74(102)94-68(56-99)79(107)93-67(43-35-39-53-85)78(106)92-66(42-34-38-52-84)77(105)91-65(41-33-37-51-83)76(104)90-64(40-32-36-50-82)75(103)89-61-48-46-60(47-49-61)55-98-73-71(95-81(98)108)72(87)96-80(97-73)88-54-9-6-3/h46-49,62-68,99H,4-45,50-59,82-86H2,1-3H3,(H,89,103)(H,90,104)(H,91,105)(H,92,106)(H,93,107)(H,94,102)(H,95,108)(H3,87,88,96,97)/t62?,63-,64-,65+,66+,67+,68+/m1/s1. The van der Waals surface area contributed by atoms with Crippen molar-refractivity contribution >= 4 is 87.8 Å². The number of rotatable bonds is 70. The number of carbonyl (C=O) groups excluding carboxylic acids is 8. The molecule has 111 heavy (non-hydrogen) atoms. The molecule has 0 radical (unpaired) electrons. The normalized spacial score (nSPS) is 13.3. The summed E-state index contributed by atoms with van der Waals surface area (Å²) in [6, 6.07) is -1.05. The molecule has 0 bridgehead atoms. The third-order valence-electron chi connectivity index (χ3n) is 19.7. The van der Waals surface area contributed by atoms with E-state index in [0.717, 1.165) is 56.9 Å². The Balaban J connectivity index is 1.68. The number of fused-ring (bicyclic) bond motifs is 1. The molecule has 0 saturated carbocycles. The number of hydrogen-bond donors (Lipinski definition) is 15. The molecule has 1 unspecified atom stereocenters. The Morgan fingerprint density at radius 3 is 1.29 bits per heavy atom. The van der Waals surface area contributed by atoms with Gasteiger partial charge < -0.3 is 91.3 Å². The lowest BCUT2D eigenvalue weighted by molar-refractivity contribution is -0.157. The smallest absolute Gasteiger partial charge is 0.306 e. The lowest BCUT2D eigenvalue weighted by atomic mass is 10.0. The molecule has 0 aliphatic carbocycles. The van der Waals surface area contributed by atoms with Crippen LogP contribution >= 0.6 is 11.8 Å². The third-order valence-corrected chi connectivity index (χ3v) is 20.9.